The fourth-order valence-corrected chi connectivity index (χ4v) is 3.96. The van der Waals surface area contributed by atoms with E-state index in [1.165, 1.54) is 23.8 Å². The summed E-state index contributed by atoms with van der Waals surface area (Å²) in [5.41, 5.74) is 1.84. The zero-order chi connectivity index (χ0) is 24.4. The first-order valence-corrected chi connectivity index (χ1v) is 11.1. The number of hydrogen-bond donors (Lipinski definition) is 0. The molecule has 2 aromatic heterocycles. The molecular formula is C25H20Cl2FN3O3. The highest BCUT2D eigenvalue weighted by atomic mass is 35.5. The molecule has 0 amide bonds. The average Bonchev–Trinajstić information content (AvgIpc) is 3.21. The van der Waals surface area contributed by atoms with Crippen molar-refractivity contribution in [1.29, 1.82) is 0 Å². The average molecular weight is 500 g/mol. The summed E-state index contributed by atoms with van der Waals surface area (Å²) < 4.78 is 27.7. The third-order valence-electron chi connectivity index (χ3n) is 5.05. The minimum atomic E-state index is -0.687. The quantitative estimate of drug-likeness (QED) is 0.281. The highest BCUT2D eigenvalue weighted by molar-refractivity contribution is 6.31. The van der Waals surface area contributed by atoms with Crippen molar-refractivity contribution in [1.82, 2.24) is 14.5 Å². The van der Waals surface area contributed by atoms with Gasteiger partial charge in [0.05, 0.1) is 30.1 Å². The van der Waals surface area contributed by atoms with Crippen molar-refractivity contribution in [3.8, 4) is 34.2 Å². The second kappa shape index (κ2) is 9.83. The van der Waals surface area contributed by atoms with Crippen LogP contribution in [0.2, 0.25) is 10.0 Å². The van der Waals surface area contributed by atoms with Crippen LogP contribution in [0.25, 0.3) is 28.5 Å². The minimum Gasteiger partial charge on any atom is -0.496 e. The number of aromatic nitrogens is 3. The van der Waals surface area contributed by atoms with Crippen LogP contribution in [-0.4, -0.2) is 34.2 Å². The predicted octanol–water partition coefficient (Wildman–Crippen LogP) is 6.54. The number of ether oxygens (including phenoxy) is 2. The van der Waals surface area contributed by atoms with Gasteiger partial charge in [-0.05, 0) is 56.3 Å². The molecule has 9 heteroatoms. The first kappa shape index (κ1) is 23.7. The minimum absolute atomic E-state index is 0.0416. The van der Waals surface area contributed by atoms with E-state index in [9.17, 15) is 4.79 Å². The summed E-state index contributed by atoms with van der Waals surface area (Å²) in [5, 5.41) is 0.302. The number of rotatable bonds is 6. The molecule has 0 fully saturated rings. The van der Waals surface area contributed by atoms with Gasteiger partial charge in [0.15, 0.2) is 17.3 Å². The predicted molar refractivity (Wildman–Crippen MR) is 129 cm³/mol. The molecule has 174 valence electrons. The van der Waals surface area contributed by atoms with E-state index in [4.69, 9.17) is 32.7 Å². The lowest BCUT2D eigenvalue weighted by Crippen LogP contribution is -2.09. The number of aryl methyl sites for hydroxylation is 1. The van der Waals surface area contributed by atoms with Crippen LogP contribution in [-0.2, 0) is 4.74 Å². The van der Waals surface area contributed by atoms with Crippen molar-refractivity contribution in [2.24, 2.45) is 0 Å². The second-order valence-electron chi connectivity index (χ2n) is 7.27. The fraction of sp³-hybridized carbons (Fsp3) is 0.160. The molecule has 0 N–H and O–H groups in total. The fourth-order valence-electron chi connectivity index (χ4n) is 3.61. The molecule has 4 rings (SSSR count). The van der Waals surface area contributed by atoms with E-state index in [2.05, 4.69) is 9.97 Å². The first-order chi connectivity index (χ1) is 16.3. The van der Waals surface area contributed by atoms with E-state index >= 15 is 4.39 Å². The standard InChI is InChI=1S/C25H20Cl2FN3O3/c1-4-34-25(32)22-23(16-13-15(26)11-12-20(16)33-3)31(19-10-6-8-17(27)21(19)28)24(30-22)18-9-5-7-14(2)29-18/h5-13H,4H2,1-3H3. The summed E-state index contributed by atoms with van der Waals surface area (Å²) in [5.74, 6) is -0.741. The van der Waals surface area contributed by atoms with Gasteiger partial charge in [-0.25, -0.2) is 19.2 Å². The Balaban J connectivity index is 2.19. The molecular weight excluding hydrogens is 480 g/mol. The maximum atomic E-state index is 15.4. The van der Waals surface area contributed by atoms with Gasteiger partial charge in [0, 0.05) is 16.3 Å². The SMILES string of the molecule is CCOC(=O)c1nc(-c2cccc(C)n2)n(-c2cccc(Cl)c2F)c1-c1cc(Cl)ccc1OC. The van der Waals surface area contributed by atoms with E-state index in [1.807, 2.05) is 13.0 Å². The largest absolute Gasteiger partial charge is 0.496 e. The number of hydrogen-bond acceptors (Lipinski definition) is 5. The van der Waals surface area contributed by atoms with Crippen LogP contribution in [0.15, 0.2) is 54.6 Å². The number of methoxy groups -OCH3 is 1. The van der Waals surface area contributed by atoms with E-state index in [1.54, 1.807) is 43.3 Å². The number of pyridine rings is 1. The van der Waals surface area contributed by atoms with Crippen molar-refractivity contribution in [3.63, 3.8) is 0 Å². The number of halogens is 3. The van der Waals surface area contributed by atoms with Crippen molar-refractivity contribution in [3.05, 3.63) is 81.8 Å². The molecule has 0 unspecified atom stereocenters. The molecule has 0 spiro atoms. The van der Waals surface area contributed by atoms with Gasteiger partial charge in [0.25, 0.3) is 0 Å². The number of benzene rings is 2. The molecule has 2 heterocycles. The van der Waals surface area contributed by atoms with E-state index < -0.39 is 11.8 Å². The van der Waals surface area contributed by atoms with E-state index in [-0.39, 0.29) is 34.5 Å². The summed E-state index contributed by atoms with van der Waals surface area (Å²) in [6.45, 7) is 3.64. The van der Waals surface area contributed by atoms with Gasteiger partial charge in [0.2, 0.25) is 0 Å². The van der Waals surface area contributed by atoms with Crippen molar-refractivity contribution in [2.45, 2.75) is 13.8 Å². The lowest BCUT2D eigenvalue weighted by molar-refractivity contribution is 0.0521. The summed E-state index contributed by atoms with van der Waals surface area (Å²) >= 11 is 12.4. The smallest absolute Gasteiger partial charge is 0.359 e. The molecule has 0 aliphatic carbocycles. The Morgan fingerprint density at radius 3 is 2.56 bits per heavy atom. The molecule has 6 nitrogen and oxygen atoms in total. The maximum Gasteiger partial charge on any atom is 0.359 e. The lowest BCUT2D eigenvalue weighted by Gasteiger charge is -2.16. The van der Waals surface area contributed by atoms with Crippen LogP contribution < -0.4 is 4.74 Å². The molecule has 0 saturated carbocycles. The Kier molecular flexibility index (Phi) is 6.86. The highest BCUT2D eigenvalue weighted by Gasteiger charge is 2.30. The number of imidazole rings is 1. The Morgan fingerprint density at radius 1 is 1.09 bits per heavy atom. The molecule has 0 radical (unpaired) electrons. The van der Waals surface area contributed by atoms with Crippen LogP contribution in [0.3, 0.4) is 0 Å². The molecule has 34 heavy (non-hydrogen) atoms. The number of esters is 1. The van der Waals surface area contributed by atoms with Crippen molar-refractivity contribution < 1.29 is 18.7 Å². The van der Waals surface area contributed by atoms with Gasteiger partial charge in [-0.15, -0.1) is 0 Å². The molecule has 0 saturated heterocycles. The molecule has 0 bridgehead atoms. The molecule has 2 aromatic carbocycles. The molecule has 4 aromatic rings. The second-order valence-corrected chi connectivity index (χ2v) is 8.11. The molecule has 0 aliphatic rings. The Bertz CT molecular complexity index is 1390. The number of carbonyl (C=O) groups is 1. The van der Waals surface area contributed by atoms with Crippen LogP contribution in [0.1, 0.15) is 23.1 Å². The zero-order valence-electron chi connectivity index (χ0n) is 18.6. The monoisotopic (exact) mass is 499 g/mol. The first-order valence-electron chi connectivity index (χ1n) is 10.4. The summed E-state index contributed by atoms with van der Waals surface area (Å²) in [4.78, 5) is 22.2. The van der Waals surface area contributed by atoms with Gasteiger partial charge >= 0.3 is 5.97 Å². The molecule has 0 atom stereocenters. The Morgan fingerprint density at radius 2 is 1.85 bits per heavy atom. The van der Waals surface area contributed by atoms with Gasteiger partial charge < -0.3 is 9.47 Å². The van der Waals surface area contributed by atoms with Crippen LogP contribution in [0.5, 0.6) is 5.75 Å². The Hall–Kier alpha value is -3.42. The van der Waals surface area contributed by atoms with E-state index in [0.717, 1.165) is 5.69 Å². The topological polar surface area (TPSA) is 66.2 Å². The van der Waals surface area contributed by atoms with Crippen molar-refractivity contribution >= 4 is 29.2 Å². The van der Waals surface area contributed by atoms with Crippen LogP contribution in [0, 0.1) is 12.7 Å². The summed E-state index contributed by atoms with van der Waals surface area (Å²) in [7, 11) is 1.49. The normalized spacial score (nSPS) is 10.9. The number of carbonyl (C=O) groups excluding carboxylic acids is 1. The summed E-state index contributed by atoms with van der Waals surface area (Å²) in [6, 6.07) is 14.9. The highest BCUT2D eigenvalue weighted by Crippen LogP contribution is 2.40. The molecule has 0 aliphatic heterocycles. The number of nitrogens with zero attached hydrogens (tertiary/aromatic N) is 3. The third-order valence-corrected chi connectivity index (χ3v) is 5.58. The van der Waals surface area contributed by atoms with Crippen molar-refractivity contribution in [2.75, 3.05) is 13.7 Å². The van der Waals surface area contributed by atoms with Crippen LogP contribution in [0.4, 0.5) is 4.39 Å². The maximum absolute atomic E-state index is 15.4. The van der Waals surface area contributed by atoms with Gasteiger partial charge in [-0.2, -0.15) is 0 Å². The summed E-state index contributed by atoms with van der Waals surface area (Å²) in [6.07, 6.45) is 0. The van der Waals surface area contributed by atoms with Crippen LogP contribution >= 0.6 is 23.2 Å². The lowest BCUT2D eigenvalue weighted by atomic mass is 10.1. The Labute approximate surface area is 205 Å². The van der Waals surface area contributed by atoms with Gasteiger partial charge in [-0.3, -0.25) is 4.57 Å². The zero-order valence-corrected chi connectivity index (χ0v) is 20.1. The van der Waals surface area contributed by atoms with Gasteiger partial charge in [-0.1, -0.05) is 35.3 Å². The van der Waals surface area contributed by atoms with Gasteiger partial charge in [0.1, 0.15) is 11.4 Å². The third kappa shape index (κ3) is 4.36. The van der Waals surface area contributed by atoms with E-state index in [0.29, 0.717) is 22.0 Å².